The summed E-state index contributed by atoms with van der Waals surface area (Å²) in [6.07, 6.45) is 3.88. The van der Waals surface area contributed by atoms with Crippen LogP contribution >= 0.6 is 11.8 Å². The smallest absolute Gasteiger partial charge is 0.309 e. The van der Waals surface area contributed by atoms with E-state index in [2.05, 4.69) is 54.6 Å². The van der Waals surface area contributed by atoms with E-state index in [-0.39, 0.29) is 4.75 Å². The number of carbonyl (C=O) groups is 1. The van der Waals surface area contributed by atoms with Gasteiger partial charge in [-0.3, -0.25) is 4.79 Å². The molecule has 0 aliphatic rings. The van der Waals surface area contributed by atoms with Crippen LogP contribution in [0.3, 0.4) is 0 Å². The van der Waals surface area contributed by atoms with Gasteiger partial charge in [0.05, 0.1) is 29.9 Å². The number of carboxylic acids is 1. The molecule has 6 aromatic rings. The lowest BCUT2D eigenvalue weighted by Crippen LogP contribution is -2.28. The topological polar surface area (TPSA) is 99.4 Å². The van der Waals surface area contributed by atoms with Gasteiger partial charge in [0.2, 0.25) is 5.88 Å². The van der Waals surface area contributed by atoms with Crippen LogP contribution in [0.5, 0.6) is 11.6 Å². The first-order valence-electron chi connectivity index (χ1n) is 15.9. The van der Waals surface area contributed by atoms with E-state index in [1.807, 2.05) is 54.6 Å². The fourth-order valence-corrected chi connectivity index (χ4v) is 6.79. The molecule has 0 spiro atoms. The Bertz CT molecular complexity index is 2100. The number of para-hydroxylation sites is 1. The van der Waals surface area contributed by atoms with Gasteiger partial charge in [-0.2, -0.15) is 0 Å². The predicted molar refractivity (Wildman–Crippen MR) is 192 cm³/mol. The summed E-state index contributed by atoms with van der Waals surface area (Å²) in [5, 5.41) is 12.2. The van der Waals surface area contributed by atoms with Gasteiger partial charge in [-0.15, -0.1) is 11.8 Å². The summed E-state index contributed by atoms with van der Waals surface area (Å²) in [5.74, 6) is 0.342. The maximum Gasteiger partial charge on any atom is 0.309 e. The number of aromatic nitrogens is 4. The minimum atomic E-state index is -1.00. The summed E-state index contributed by atoms with van der Waals surface area (Å²) >= 11 is 1.73. The van der Waals surface area contributed by atoms with Crippen molar-refractivity contribution in [2.45, 2.75) is 63.8 Å². The molecule has 0 bridgehead atoms. The third-order valence-electron chi connectivity index (χ3n) is 8.12. The van der Waals surface area contributed by atoms with Crippen molar-refractivity contribution in [3.05, 3.63) is 108 Å². The molecule has 0 unspecified atom stereocenters. The maximum atomic E-state index is 12.4. The summed E-state index contributed by atoms with van der Waals surface area (Å²) in [7, 11) is 1.60. The number of hydrogen-bond acceptors (Lipinski definition) is 7. The molecule has 0 amide bonds. The Morgan fingerprint density at radius 1 is 0.896 bits per heavy atom. The molecular weight excluding hydrogens is 621 g/mol. The van der Waals surface area contributed by atoms with Gasteiger partial charge < -0.3 is 19.1 Å². The van der Waals surface area contributed by atoms with Gasteiger partial charge in [0.15, 0.2) is 0 Å². The molecule has 1 N–H and O–H groups in total. The molecule has 0 aliphatic carbocycles. The standard InChI is InChI=1S/C39H40N4O4S/c1-38(2,3)48-35-31-19-30(47-24-29-16-14-26-11-7-8-13-32(26)42-29)22-41-36(31)43(33(35)20-39(4,5)37(44)45)23-25-10-9-12-27(18-25)28-15-17-34(46-6)40-21-28/h7-19,21-22H,20,23-24H2,1-6H3,(H,44,45). The number of carboxylic acid groups (broad SMARTS) is 1. The molecule has 8 nitrogen and oxygen atoms in total. The Kier molecular flexibility index (Phi) is 9.16. The minimum Gasteiger partial charge on any atom is -0.486 e. The van der Waals surface area contributed by atoms with E-state index in [1.54, 1.807) is 45.1 Å². The monoisotopic (exact) mass is 660 g/mol. The van der Waals surface area contributed by atoms with Crippen molar-refractivity contribution in [1.29, 1.82) is 0 Å². The summed E-state index contributed by atoms with van der Waals surface area (Å²) < 4.78 is 13.5. The van der Waals surface area contributed by atoms with E-state index >= 15 is 0 Å². The second-order valence-corrected chi connectivity index (χ2v) is 15.4. The first-order chi connectivity index (χ1) is 22.9. The Hall–Kier alpha value is -4.89. The molecular formula is C39H40N4O4S. The number of nitrogens with zero attached hydrogens (tertiary/aromatic N) is 4. The van der Waals surface area contributed by atoms with Crippen LogP contribution in [0.2, 0.25) is 0 Å². The zero-order valence-corrected chi connectivity index (χ0v) is 29.0. The minimum absolute atomic E-state index is 0.144. The first-order valence-corrected chi connectivity index (χ1v) is 16.7. The van der Waals surface area contributed by atoms with Crippen molar-refractivity contribution < 1.29 is 19.4 Å². The highest BCUT2D eigenvalue weighted by Gasteiger charge is 2.33. The number of pyridine rings is 3. The highest BCUT2D eigenvalue weighted by molar-refractivity contribution is 8.00. The molecule has 0 radical (unpaired) electrons. The van der Waals surface area contributed by atoms with Crippen molar-refractivity contribution >= 4 is 39.7 Å². The van der Waals surface area contributed by atoms with Gasteiger partial charge in [-0.1, -0.05) is 63.2 Å². The number of methoxy groups -OCH3 is 1. The van der Waals surface area contributed by atoms with Crippen LogP contribution in [0, 0.1) is 5.41 Å². The van der Waals surface area contributed by atoms with Crippen LogP contribution < -0.4 is 9.47 Å². The van der Waals surface area contributed by atoms with Gasteiger partial charge in [0.25, 0.3) is 0 Å². The van der Waals surface area contributed by atoms with E-state index in [0.29, 0.717) is 31.2 Å². The van der Waals surface area contributed by atoms with Crippen molar-refractivity contribution in [2.75, 3.05) is 7.11 Å². The number of thioether (sulfide) groups is 1. The zero-order chi connectivity index (χ0) is 34.1. The molecule has 4 aromatic heterocycles. The van der Waals surface area contributed by atoms with E-state index in [0.717, 1.165) is 54.9 Å². The number of ether oxygens (including phenoxy) is 2. The number of rotatable bonds is 11. The second kappa shape index (κ2) is 13.3. The summed E-state index contributed by atoms with van der Waals surface area (Å²) in [4.78, 5) is 27.6. The lowest BCUT2D eigenvalue weighted by molar-refractivity contribution is -0.146. The highest BCUT2D eigenvalue weighted by Crippen LogP contribution is 2.44. The fraction of sp³-hybridized carbons (Fsp3) is 0.282. The predicted octanol–water partition coefficient (Wildman–Crippen LogP) is 8.83. The highest BCUT2D eigenvalue weighted by atomic mass is 32.2. The van der Waals surface area contributed by atoms with E-state index in [1.165, 1.54) is 0 Å². The molecule has 0 fully saturated rings. The maximum absolute atomic E-state index is 12.4. The first kappa shape index (κ1) is 33.0. The van der Waals surface area contributed by atoms with Crippen molar-refractivity contribution in [2.24, 2.45) is 5.41 Å². The quantitative estimate of drug-likeness (QED) is 0.138. The molecule has 0 aliphatic heterocycles. The molecule has 6 rings (SSSR count). The fourth-order valence-electron chi connectivity index (χ4n) is 5.62. The third kappa shape index (κ3) is 7.31. The van der Waals surface area contributed by atoms with Gasteiger partial charge >= 0.3 is 5.97 Å². The molecule has 0 saturated carbocycles. The van der Waals surface area contributed by atoms with E-state index in [4.69, 9.17) is 19.4 Å². The molecule has 4 heterocycles. The van der Waals surface area contributed by atoms with Gasteiger partial charge in [-0.25, -0.2) is 15.0 Å². The molecule has 9 heteroatoms. The Morgan fingerprint density at radius 2 is 1.71 bits per heavy atom. The zero-order valence-electron chi connectivity index (χ0n) is 28.2. The van der Waals surface area contributed by atoms with Crippen LogP contribution in [-0.4, -0.2) is 42.5 Å². The van der Waals surface area contributed by atoms with Crippen LogP contribution in [-0.2, 0) is 24.4 Å². The number of fused-ring (bicyclic) bond motifs is 2. The van der Waals surface area contributed by atoms with Crippen LogP contribution in [0.15, 0.2) is 96.2 Å². The Morgan fingerprint density at radius 3 is 2.44 bits per heavy atom. The molecule has 0 atom stereocenters. The van der Waals surface area contributed by atoms with Crippen LogP contribution in [0.25, 0.3) is 33.1 Å². The van der Waals surface area contributed by atoms with Gasteiger partial charge in [0, 0.05) is 56.9 Å². The molecule has 2 aromatic carbocycles. The Labute approximate surface area is 285 Å². The normalized spacial score (nSPS) is 12.0. The number of hydrogen-bond donors (Lipinski definition) is 1. The number of benzene rings is 2. The van der Waals surface area contributed by atoms with E-state index in [9.17, 15) is 9.90 Å². The average Bonchev–Trinajstić information content (AvgIpc) is 3.32. The van der Waals surface area contributed by atoms with Gasteiger partial charge in [0.1, 0.15) is 18.0 Å². The summed E-state index contributed by atoms with van der Waals surface area (Å²) in [5.41, 5.74) is 5.54. The van der Waals surface area contributed by atoms with Crippen LogP contribution in [0.1, 0.15) is 51.6 Å². The third-order valence-corrected chi connectivity index (χ3v) is 9.39. The summed E-state index contributed by atoms with van der Waals surface area (Å²) in [6.45, 7) is 10.9. The van der Waals surface area contributed by atoms with Crippen molar-refractivity contribution in [3.8, 4) is 22.8 Å². The number of aliphatic carboxylic acids is 1. The molecule has 48 heavy (non-hydrogen) atoms. The summed E-state index contributed by atoms with van der Waals surface area (Å²) in [6, 6.07) is 26.2. The van der Waals surface area contributed by atoms with Crippen LogP contribution in [0.4, 0.5) is 0 Å². The average molecular weight is 661 g/mol. The SMILES string of the molecule is COc1ccc(-c2cccc(Cn3c(CC(C)(C)C(=O)O)c(SC(C)(C)C)c4cc(OCc5ccc6ccccc6n5)cnc43)c2)cn1. The van der Waals surface area contributed by atoms with Crippen molar-refractivity contribution in [3.63, 3.8) is 0 Å². The van der Waals surface area contributed by atoms with Crippen molar-refractivity contribution in [1.82, 2.24) is 19.5 Å². The van der Waals surface area contributed by atoms with Gasteiger partial charge in [-0.05, 0) is 55.3 Å². The lowest BCUT2D eigenvalue weighted by atomic mass is 9.88. The molecule has 246 valence electrons. The molecule has 0 saturated heterocycles. The Balaban J connectivity index is 1.42. The van der Waals surface area contributed by atoms with E-state index < -0.39 is 11.4 Å². The largest absolute Gasteiger partial charge is 0.486 e. The second-order valence-electron chi connectivity index (χ2n) is 13.6. The lowest BCUT2D eigenvalue weighted by Gasteiger charge is -2.24.